The number of halogens is 3. The Morgan fingerprint density at radius 1 is 1.03 bits per heavy atom. The highest BCUT2D eigenvalue weighted by molar-refractivity contribution is 6.20. The van der Waals surface area contributed by atoms with E-state index in [4.69, 9.17) is 5.73 Å². The van der Waals surface area contributed by atoms with Crippen molar-refractivity contribution in [3.63, 3.8) is 0 Å². The maximum absolute atomic E-state index is 13.1. The van der Waals surface area contributed by atoms with Gasteiger partial charge in [-0.15, -0.1) is 0 Å². The van der Waals surface area contributed by atoms with Gasteiger partial charge in [-0.2, -0.15) is 13.2 Å². The monoisotopic (exact) mass is 477 g/mol. The Labute approximate surface area is 194 Å². The highest BCUT2D eigenvalue weighted by Crippen LogP contribution is 2.36. The molecule has 2 aromatic rings. The molecular formula is C22H26F3N7O2. The first-order chi connectivity index (χ1) is 16.1. The number of rotatable bonds is 8. The lowest BCUT2D eigenvalue weighted by Crippen LogP contribution is -2.40. The second kappa shape index (κ2) is 10.1. The Morgan fingerprint density at radius 2 is 1.71 bits per heavy atom. The van der Waals surface area contributed by atoms with Crippen molar-refractivity contribution in [1.82, 2.24) is 14.9 Å². The quantitative estimate of drug-likeness (QED) is 0.501. The molecule has 0 spiro atoms. The van der Waals surface area contributed by atoms with Gasteiger partial charge in [-0.05, 0) is 44.3 Å². The lowest BCUT2D eigenvalue weighted by Gasteiger charge is -2.25. The Balaban J connectivity index is 1.93. The number of aromatic nitrogens is 2. The van der Waals surface area contributed by atoms with Crippen molar-refractivity contribution in [2.24, 2.45) is 5.73 Å². The minimum absolute atomic E-state index is 0.0523. The summed E-state index contributed by atoms with van der Waals surface area (Å²) in [6.07, 6.45) is -3.80. The number of amides is 2. The third kappa shape index (κ3) is 5.28. The molecule has 0 unspecified atom stereocenters. The van der Waals surface area contributed by atoms with Crippen LogP contribution in [0.15, 0.2) is 36.3 Å². The molecule has 0 fully saturated rings. The van der Waals surface area contributed by atoms with Gasteiger partial charge in [-0.25, -0.2) is 9.97 Å². The Bertz CT molecular complexity index is 1110. The molecular weight excluding hydrogens is 451 g/mol. The number of carbonyl (C=O) groups excluding carboxylic acids is 2. The summed E-state index contributed by atoms with van der Waals surface area (Å²) in [5, 5.41) is 5.88. The fourth-order valence-corrected chi connectivity index (χ4v) is 3.55. The molecule has 1 aliphatic rings. The van der Waals surface area contributed by atoms with Crippen molar-refractivity contribution < 1.29 is 22.8 Å². The number of hydrogen-bond acceptors (Lipinski definition) is 7. The first-order valence-corrected chi connectivity index (χ1v) is 10.7. The molecule has 0 bridgehead atoms. The van der Waals surface area contributed by atoms with Crippen LogP contribution in [0.4, 0.5) is 30.2 Å². The summed E-state index contributed by atoms with van der Waals surface area (Å²) in [5.74, 6) is -1.48. The fraction of sp³-hybridized carbons (Fsp3) is 0.364. The Kier molecular flexibility index (Phi) is 7.40. The van der Waals surface area contributed by atoms with Gasteiger partial charge < -0.3 is 21.3 Å². The predicted octanol–water partition coefficient (Wildman–Crippen LogP) is 2.88. The number of fused-ring (bicyclic) bond motifs is 1. The zero-order valence-corrected chi connectivity index (χ0v) is 19.0. The molecule has 0 radical (unpaired) electrons. The van der Waals surface area contributed by atoms with Crippen molar-refractivity contribution in [2.45, 2.75) is 26.9 Å². The molecule has 182 valence electrons. The maximum Gasteiger partial charge on any atom is 0.433 e. The minimum Gasteiger partial charge on any atom is -0.365 e. The molecule has 34 heavy (non-hydrogen) atoms. The van der Waals surface area contributed by atoms with Gasteiger partial charge in [0.2, 0.25) is 5.91 Å². The zero-order chi connectivity index (χ0) is 25.0. The van der Waals surface area contributed by atoms with Gasteiger partial charge in [0.1, 0.15) is 17.1 Å². The van der Waals surface area contributed by atoms with Gasteiger partial charge in [-0.1, -0.05) is 13.8 Å². The van der Waals surface area contributed by atoms with E-state index in [-0.39, 0.29) is 23.8 Å². The summed E-state index contributed by atoms with van der Waals surface area (Å²) in [7, 11) is 0. The molecule has 0 aliphatic carbocycles. The van der Waals surface area contributed by atoms with E-state index in [9.17, 15) is 22.8 Å². The highest BCUT2D eigenvalue weighted by atomic mass is 19.4. The normalized spacial score (nSPS) is 14.3. The van der Waals surface area contributed by atoms with Crippen LogP contribution in [-0.4, -0.2) is 52.9 Å². The molecule has 2 amide bonds. The molecule has 0 atom stereocenters. The van der Waals surface area contributed by atoms with Crippen molar-refractivity contribution in [3.05, 3.63) is 47.8 Å². The molecule has 4 N–H and O–H groups in total. The molecule has 0 saturated carbocycles. The average molecular weight is 477 g/mol. The Morgan fingerprint density at radius 3 is 2.29 bits per heavy atom. The lowest BCUT2D eigenvalue weighted by atomic mass is 10.2. The highest BCUT2D eigenvalue weighted by Gasteiger charge is 2.34. The van der Waals surface area contributed by atoms with E-state index < -0.39 is 23.6 Å². The third-order valence-corrected chi connectivity index (χ3v) is 5.37. The number of nitrogens with one attached hydrogen (secondary N) is 2. The van der Waals surface area contributed by atoms with Crippen molar-refractivity contribution in [1.29, 1.82) is 0 Å². The van der Waals surface area contributed by atoms with Crippen molar-refractivity contribution >= 4 is 34.4 Å². The van der Waals surface area contributed by atoms with Gasteiger partial charge in [0.25, 0.3) is 5.91 Å². The molecule has 3 rings (SSSR count). The molecule has 1 aromatic carbocycles. The van der Waals surface area contributed by atoms with E-state index in [2.05, 4.69) is 20.6 Å². The first-order valence-electron chi connectivity index (χ1n) is 10.7. The number of carbonyl (C=O) groups is 2. The van der Waals surface area contributed by atoms with Crippen LogP contribution in [0.3, 0.4) is 0 Å². The standard InChI is InChI=1S/C22H26F3N7O2/c1-4-31(5-2)12-17(33)32(6-3)13-7-8-14-15(11-13)29-21(28-14)18(19(26)34)20-27-10-9-16(30-20)22(23,24)25/h7-11,28-29H,4-6,12H2,1-3H3,(H2,26,34)/b21-18-. The van der Waals surface area contributed by atoms with Crippen LogP contribution in [0.1, 0.15) is 32.3 Å². The molecule has 1 aromatic heterocycles. The zero-order valence-electron chi connectivity index (χ0n) is 19.0. The number of likely N-dealkylation sites (N-methyl/N-ethyl adjacent to an activating group) is 2. The number of nitrogens with zero attached hydrogens (tertiary/aromatic N) is 4. The second-order valence-corrected chi connectivity index (χ2v) is 7.46. The fourth-order valence-electron chi connectivity index (χ4n) is 3.55. The van der Waals surface area contributed by atoms with Gasteiger partial charge in [-0.3, -0.25) is 14.5 Å². The topological polar surface area (TPSA) is 116 Å². The summed E-state index contributed by atoms with van der Waals surface area (Å²) in [6, 6.07) is 5.86. The molecule has 12 heteroatoms. The van der Waals surface area contributed by atoms with Crippen LogP contribution >= 0.6 is 0 Å². The van der Waals surface area contributed by atoms with Gasteiger partial charge in [0.05, 0.1) is 17.9 Å². The first kappa shape index (κ1) is 25.0. The average Bonchev–Trinajstić information content (AvgIpc) is 3.20. The van der Waals surface area contributed by atoms with Crippen LogP contribution in [0, 0.1) is 0 Å². The lowest BCUT2D eigenvalue weighted by molar-refractivity contribution is -0.141. The third-order valence-electron chi connectivity index (χ3n) is 5.37. The summed E-state index contributed by atoms with van der Waals surface area (Å²) in [6.45, 7) is 8.04. The van der Waals surface area contributed by atoms with E-state index >= 15 is 0 Å². The number of hydrogen-bond donors (Lipinski definition) is 3. The summed E-state index contributed by atoms with van der Waals surface area (Å²) in [4.78, 5) is 35.9. The predicted molar refractivity (Wildman–Crippen MR) is 123 cm³/mol. The number of alkyl halides is 3. The summed E-state index contributed by atoms with van der Waals surface area (Å²) >= 11 is 0. The second-order valence-electron chi connectivity index (χ2n) is 7.46. The van der Waals surface area contributed by atoms with Crippen LogP contribution < -0.4 is 21.3 Å². The van der Waals surface area contributed by atoms with Crippen molar-refractivity contribution in [3.8, 4) is 0 Å². The maximum atomic E-state index is 13.1. The summed E-state index contributed by atoms with van der Waals surface area (Å²) < 4.78 is 39.2. The van der Waals surface area contributed by atoms with E-state index in [0.717, 1.165) is 19.3 Å². The number of benzene rings is 1. The number of primary amides is 1. The van der Waals surface area contributed by atoms with Gasteiger partial charge >= 0.3 is 6.18 Å². The SMILES string of the molecule is CCN(CC)CC(=O)N(CC)c1ccc2c(c1)N/C(=C(/C(N)=O)c1nccc(C(F)(F)F)n1)N2. The van der Waals surface area contributed by atoms with Gasteiger partial charge in [0.15, 0.2) is 5.82 Å². The van der Waals surface area contributed by atoms with E-state index in [1.54, 1.807) is 23.1 Å². The van der Waals surface area contributed by atoms with Crippen LogP contribution in [0.5, 0.6) is 0 Å². The number of nitrogens with two attached hydrogens (primary N) is 1. The van der Waals surface area contributed by atoms with Crippen LogP contribution in [0.25, 0.3) is 5.57 Å². The molecule has 2 heterocycles. The number of anilines is 3. The van der Waals surface area contributed by atoms with Crippen molar-refractivity contribution in [2.75, 3.05) is 41.7 Å². The molecule has 1 aliphatic heterocycles. The summed E-state index contributed by atoms with van der Waals surface area (Å²) in [5.41, 5.74) is 5.64. The Hall–Kier alpha value is -3.67. The van der Waals surface area contributed by atoms with Crippen LogP contribution in [0.2, 0.25) is 0 Å². The van der Waals surface area contributed by atoms with E-state index in [1.165, 1.54) is 0 Å². The smallest absolute Gasteiger partial charge is 0.365 e. The van der Waals surface area contributed by atoms with E-state index in [1.807, 2.05) is 25.7 Å². The molecule has 9 nitrogen and oxygen atoms in total. The minimum atomic E-state index is -4.71. The van der Waals surface area contributed by atoms with Crippen LogP contribution in [-0.2, 0) is 15.8 Å². The van der Waals surface area contributed by atoms with E-state index in [0.29, 0.717) is 29.7 Å². The largest absolute Gasteiger partial charge is 0.433 e. The van der Waals surface area contributed by atoms with Gasteiger partial charge in [0, 0.05) is 18.4 Å². The molecule has 0 saturated heterocycles.